The smallest absolute Gasteiger partial charge is 0.255 e. The molecule has 1 N–H and O–H groups in total. The van der Waals surface area contributed by atoms with Crippen molar-refractivity contribution in [1.29, 1.82) is 0 Å². The Kier molecular flexibility index (Phi) is 6.52. The van der Waals surface area contributed by atoms with Crippen LogP contribution in [0.4, 0.5) is 5.69 Å². The fourth-order valence-corrected chi connectivity index (χ4v) is 2.51. The lowest BCUT2D eigenvalue weighted by Crippen LogP contribution is -2.12. The van der Waals surface area contributed by atoms with E-state index in [9.17, 15) is 9.59 Å². The quantitative estimate of drug-likeness (QED) is 0.573. The summed E-state index contributed by atoms with van der Waals surface area (Å²) in [6, 6.07) is 11.9. The summed E-state index contributed by atoms with van der Waals surface area (Å²) in [6.45, 7) is 2.40. The monoisotopic (exact) mass is 391 g/mol. The maximum absolute atomic E-state index is 12.3. The molecule has 0 spiro atoms. The molecule has 6 heteroatoms. The van der Waals surface area contributed by atoms with Crippen LogP contribution in [0.25, 0.3) is 0 Å². The molecule has 0 atom stereocenters. The molecule has 0 bridgehead atoms. The molecule has 0 aliphatic heterocycles. The highest BCUT2D eigenvalue weighted by molar-refractivity contribution is 9.10. The van der Waals surface area contributed by atoms with Gasteiger partial charge in [-0.15, -0.1) is 0 Å². The van der Waals surface area contributed by atoms with E-state index >= 15 is 0 Å². The van der Waals surface area contributed by atoms with Crippen molar-refractivity contribution in [3.63, 3.8) is 0 Å². The molecule has 0 unspecified atom stereocenters. The molecular weight excluding hydrogens is 374 g/mol. The summed E-state index contributed by atoms with van der Waals surface area (Å²) in [5.74, 6) is 0.327. The predicted octanol–water partition coefficient (Wildman–Crippen LogP) is 3.93. The predicted molar refractivity (Wildman–Crippen MR) is 95.9 cm³/mol. The number of carbonyl (C=O) groups excluding carboxylic acids is 2. The lowest BCUT2D eigenvalue weighted by atomic mass is 10.1. The minimum absolute atomic E-state index is 0.0496. The van der Waals surface area contributed by atoms with E-state index in [4.69, 9.17) is 9.47 Å². The van der Waals surface area contributed by atoms with Gasteiger partial charge in [0.1, 0.15) is 12.4 Å². The number of hydrogen-bond acceptors (Lipinski definition) is 4. The first kappa shape index (κ1) is 18.2. The van der Waals surface area contributed by atoms with E-state index in [-0.39, 0.29) is 11.7 Å². The van der Waals surface area contributed by atoms with Gasteiger partial charge in [0, 0.05) is 23.9 Å². The third kappa shape index (κ3) is 4.91. The molecule has 0 aliphatic carbocycles. The molecule has 0 heterocycles. The second-order valence-electron chi connectivity index (χ2n) is 5.08. The third-order valence-electron chi connectivity index (χ3n) is 3.27. The van der Waals surface area contributed by atoms with Crippen LogP contribution in [0.2, 0.25) is 0 Å². The highest BCUT2D eigenvalue weighted by atomic mass is 79.9. The summed E-state index contributed by atoms with van der Waals surface area (Å²) in [5.41, 5.74) is 1.61. The van der Waals surface area contributed by atoms with Crippen LogP contribution in [0.3, 0.4) is 0 Å². The van der Waals surface area contributed by atoms with Crippen molar-refractivity contribution in [2.75, 3.05) is 25.6 Å². The van der Waals surface area contributed by atoms with Gasteiger partial charge >= 0.3 is 0 Å². The fraction of sp³-hybridized carbons (Fsp3) is 0.222. The molecule has 2 aromatic rings. The van der Waals surface area contributed by atoms with E-state index in [1.54, 1.807) is 49.6 Å². The van der Waals surface area contributed by atoms with E-state index in [0.29, 0.717) is 40.3 Å². The molecule has 0 aromatic heterocycles. The average Bonchev–Trinajstić information content (AvgIpc) is 2.56. The number of amides is 1. The zero-order chi connectivity index (χ0) is 17.5. The lowest BCUT2D eigenvalue weighted by molar-refractivity contribution is 0.101. The zero-order valence-corrected chi connectivity index (χ0v) is 15.1. The van der Waals surface area contributed by atoms with Gasteiger partial charge in [0.05, 0.1) is 11.1 Å². The van der Waals surface area contributed by atoms with Gasteiger partial charge in [-0.05, 0) is 53.2 Å². The molecule has 5 nitrogen and oxygen atoms in total. The molecular formula is C18H18BrNO4. The molecule has 0 fully saturated rings. The van der Waals surface area contributed by atoms with Crippen LogP contribution in [-0.4, -0.2) is 32.0 Å². The normalized spacial score (nSPS) is 10.3. The fourth-order valence-electron chi connectivity index (χ4n) is 2.01. The number of methoxy groups -OCH3 is 1. The minimum atomic E-state index is -0.264. The van der Waals surface area contributed by atoms with E-state index in [1.165, 1.54) is 6.92 Å². The largest absolute Gasteiger partial charge is 0.490 e. The van der Waals surface area contributed by atoms with E-state index in [0.717, 1.165) is 0 Å². The van der Waals surface area contributed by atoms with Crippen LogP contribution in [0.15, 0.2) is 46.9 Å². The molecule has 0 saturated heterocycles. The van der Waals surface area contributed by atoms with Crippen molar-refractivity contribution >= 4 is 33.3 Å². The van der Waals surface area contributed by atoms with Crippen LogP contribution in [0, 0.1) is 0 Å². The van der Waals surface area contributed by atoms with E-state index in [1.807, 2.05) is 0 Å². The first-order valence-corrected chi connectivity index (χ1v) is 8.14. The zero-order valence-electron chi connectivity index (χ0n) is 13.5. The van der Waals surface area contributed by atoms with E-state index in [2.05, 4.69) is 21.2 Å². The van der Waals surface area contributed by atoms with Crippen molar-refractivity contribution in [3.05, 3.63) is 58.1 Å². The third-order valence-corrected chi connectivity index (χ3v) is 3.89. The van der Waals surface area contributed by atoms with Crippen LogP contribution in [-0.2, 0) is 4.74 Å². The summed E-state index contributed by atoms with van der Waals surface area (Å²) in [5, 5.41) is 2.78. The van der Waals surface area contributed by atoms with E-state index < -0.39 is 0 Å². The van der Waals surface area contributed by atoms with Crippen LogP contribution >= 0.6 is 15.9 Å². The van der Waals surface area contributed by atoms with Gasteiger partial charge in [0.25, 0.3) is 5.91 Å². The molecule has 2 rings (SSSR count). The Morgan fingerprint density at radius 2 is 1.88 bits per heavy atom. The number of ketones is 1. The standard InChI is InChI=1S/C18H18BrNO4/c1-12(21)13-4-3-5-15(10-13)20-18(22)14-6-7-17(16(19)11-14)24-9-8-23-2/h3-7,10-11H,8-9H2,1-2H3,(H,20,22). The first-order chi connectivity index (χ1) is 11.5. The maximum Gasteiger partial charge on any atom is 0.255 e. The summed E-state index contributed by atoms with van der Waals surface area (Å²) >= 11 is 3.39. The molecule has 0 saturated carbocycles. The topological polar surface area (TPSA) is 64.6 Å². The molecule has 126 valence electrons. The Bertz CT molecular complexity index is 746. The summed E-state index contributed by atoms with van der Waals surface area (Å²) in [4.78, 5) is 23.7. The number of anilines is 1. The number of benzene rings is 2. The summed E-state index contributed by atoms with van der Waals surface area (Å²) < 4.78 is 11.1. The van der Waals surface area contributed by atoms with Gasteiger partial charge < -0.3 is 14.8 Å². The Hall–Kier alpha value is -2.18. The SMILES string of the molecule is COCCOc1ccc(C(=O)Nc2cccc(C(C)=O)c2)cc1Br. The van der Waals surface area contributed by atoms with Gasteiger partial charge in [0.15, 0.2) is 5.78 Å². The lowest BCUT2D eigenvalue weighted by Gasteiger charge is -2.10. The van der Waals surface area contributed by atoms with Crippen molar-refractivity contribution in [1.82, 2.24) is 0 Å². The summed E-state index contributed by atoms with van der Waals surface area (Å²) in [6.07, 6.45) is 0. The van der Waals surface area contributed by atoms with Crippen molar-refractivity contribution in [2.24, 2.45) is 0 Å². The second-order valence-corrected chi connectivity index (χ2v) is 5.93. The number of Topliss-reactive ketones (excluding diaryl/α,β-unsaturated/α-hetero) is 1. The van der Waals surface area contributed by atoms with Crippen LogP contribution in [0.1, 0.15) is 27.6 Å². The van der Waals surface area contributed by atoms with Gasteiger partial charge in [0.2, 0.25) is 0 Å². The van der Waals surface area contributed by atoms with Crippen LogP contribution in [0.5, 0.6) is 5.75 Å². The number of hydrogen-bond donors (Lipinski definition) is 1. The molecule has 0 radical (unpaired) electrons. The number of rotatable bonds is 7. The number of halogens is 1. The van der Waals surface area contributed by atoms with Crippen molar-refractivity contribution < 1.29 is 19.1 Å². The Morgan fingerprint density at radius 3 is 2.54 bits per heavy atom. The molecule has 24 heavy (non-hydrogen) atoms. The van der Waals surface area contributed by atoms with Gasteiger partial charge in [-0.2, -0.15) is 0 Å². The van der Waals surface area contributed by atoms with Gasteiger partial charge in [-0.1, -0.05) is 12.1 Å². The molecule has 2 aromatic carbocycles. The Morgan fingerprint density at radius 1 is 1.08 bits per heavy atom. The Balaban J connectivity index is 2.08. The van der Waals surface area contributed by atoms with Gasteiger partial charge in [-0.25, -0.2) is 0 Å². The maximum atomic E-state index is 12.3. The highest BCUT2D eigenvalue weighted by Gasteiger charge is 2.10. The second kappa shape index (κ2) is 8.61. The average molecular weight is 392 g/mol. The number of ether oxygens (including phenoxy) is 2. The summed E-state index contributed by atoms with van der Waals surface area (Å²) in [7, 11) is 1.60. The van der Waals surface area contributed by atoms with Gasteiger partial charge in [-0.3, -0.25) is 9.59 Å². The minimum Gasteiger partial charge on any atom is -0.490 e. The van der Waals surface area contributed by atoms with Crippen LogP contribution < -0.4 is 10.1 Å². The van der Waals surface area contributed by atoms with Crippen molar-refractivity contribution in [2.45, 2.75) is 6.92 Å². The highest BCUT2D eigenvalue weighted by Crippen LogP contribution is 2.26. The first-order valence-electron chi connectivity index (χ1n) is 7.35. The van der Waals surface area contributed by atoms with Crippen molar-refractivity contribution in [3.8, 4) is 5.75 Å². The molecule has 1 amide bonds. The number of nitrogens with one attached hydrogen (secondary N) is 1. The Labute approximate surface area is 149 Å². The molecule has 0 aliphatic rings. The number of carbonyl (C=O) groups is 2.